The number of carboxylic acid groups (broad SMARTS) is 1. The van der Waals surface area contributed by atoms with Gasteiger partial charge in [-0.1, -0.05) is 12.1 Å². The molecule has 0 amide bonds. The Kier molecular flexibility index (Phi) is 3.75. The Hall–Kier alpha value is -2.14. The minimum Gasteiger partial charge on any atom is -0.478 e. The van der Waals surface area contributed by atoms with Crippen LogP contribution in [-0.4, -0.2) is 27.4 Å². The van der Waals surface area contributed by atoms with E-state index in [-0.39, 0.29) is 6.04 Å². The lowest BCUT2D eigenvalue weighted by atomic mass is 9.85. The predicted molar refractivity (Wildman–Crippen MR) is 79.3 cm³/mol. The summed E-state index contributed by atoms with van der Waals surface area (Å²) in [6, 6.07) is 7.44. The Morgan fingerprint density at radius 2 is 2.10 bits per heavy atom. The first-order valence-electron chi connectivity index (χ1n) is 7.18. The number of aryl methyl sites for hydroxylation is 1. The molecule has 2 atom stereocenters. The van der Waals surface area contributed by atoms with E-state index < -0.39 is 5.97 Å². The molecule has 2 N–H and O–H groups in total. The molecule has 0 saturated carbocycles. The zero-order chi connectivity index (χ0) is 14.8. The molecule has 0 radical (unpaired) electrons. The topological polar surface area (TPSA) is 67.2 Å². The van der Waals surface area contributed by atoms with Crippen molar-refractivity contribution in [2.45, 2.75) is 24.8 Å². The van der Waals surface area contributed by atoms with Crippen molar-refractivity contribution in [1.82, 2.24) is 15.1 Å². The SMILES string of the molecule is Cn1cc(C2CCN[C@H](c3ccc(C(=O)O)cc3)C2)cn1. The Bertz CT molecular complexity index is 633. The fraction of sp³-hybridized carbons (Fsp3) is 0.375. The van der Waals surface area contributed by atoms with Gasteiger partial charge in [-0.2, -0.15) is 5.10 Å². The fourth-order valence-corrected chi connectivity index (χ4v) is 2.98. The van der Waals surface area contributed by atoms with Crippen molar-refractivity contribution in [2.75, 3.05) is 6.54 Å². The Morgan fingerprint density at radius 3 is 2.71 bits per heavy atom. The molecule has 2 heterocycles. The van der Waals surface area contributed by atoms with Crippen molar-refractivity contribution in [2.24, 2.45) is 7.05 Å². The van der Waals surface area contributed by atoms with Gasteiger partial charge in [0.1, 0.15) is 0 Å². The minimum absolute atomic E-state index is 0.270. The van der Waals surface area contributed by atoms with E-state index in [4.69, 9.17) is 5.11 Å². The molecule has 1 saturated heterocycles. The quantitative estimate of drug-likeness (QED) is 0.908. The first kappa shape index (κ1) is 13.8. The molecule has 21 heavy (non-hydrogen) atoms. The van der Waals surface area contributed by atoms with E-state index in [1.54, 1.807) is 12.1 Å². The number of piperidine rings is 1. The molecule has 1 aromatic heterocycles. The number of aromatic carboxylic acids is 1. The zero-order valence-electron chi connectivity index (χ0n) is 12.0. The maximum absolute atomic E-state index is 10.9. The van der Waals surface area contributed by atoms with Gasteiger partial charge in [0.05, 0.1) is 11.8 Å². The molecule has 1 aliphatic rings. The van der Waals surface area contributed by atoms with Gasteiger partial charge in [-0.05, 0) is 48.6 Å². The highest BCUT2D eigenvalue weighted by atomic mass is 16.4. The van der Waals surface area contributed by atoms with Crippen LogP contribution in [0.4, 0.5) is 0 Å². The molecular formula is C16H19N3O2. The van der Waals surface area contributed by atoms with Crippen LogP contribution in [0, 0.1) is 0 Å². The van der Waals surface area contributed by atoms with Crippen LogP contribution in [0.3, 0.4) is 0 Å². The molecule has 2 aromatic rings. The highest BCUT2D eigenvalue weighted by molar-refractivity contribution is 5.87. The molecule has 0 spiro atoms. The number of rotatable bonds is 3. The molecule has 5 nitrogen and oxygen atoms in total. The number of benzene rings is 1. The molecule has 1 fully saturated rings. The van der Waals surface area contributed by atoms with Crippen LogP contribution in [0.5, 0.6) is 0 Å². The lowest BCUT2D eigenvalue weighted by Crippen LogP contribution is -2.30. The summed E-state index contributed by atoms with van der Waals surface area (Å²) < 4.78 is 1.84. The van der Waals surface area contributed by atoms with Gasteiger partial charge in [-0.25, -0.2) is 4.79 Å². The average molecular weight is 285 g/mol. The third-order valence-corrected chi connectivity index (χ3v) is 4.16. The number of carboxylic acids is 1. The summed E-state index contributed by atoms with van der Waals surface area (Å²) in [6.45, 7) is 0.963. The number of hydrogen-bond donors (Lipinski definition) is 2. The Balaban J connectivity index is 1.75. The van der Waals surface area contributed by atoms with Crippen molar-refractivity contribution in [3.05, 3.63) is 53.3 Å². The standard InChI is InChI=1S/C16H19N3O2/c1-19-10-14(9-18-19)13-6-7-17-15(8-13)11-2-4-12(5-3-11)16(20)21/h2-5,9-10,13,15,17H,6-8H2,1H3,(H,20,21)/t13?,15-/m0/s1. The van der Waals surface area contributed by atoms with Crippen molar-refractivity contribution >= 4 is 5.97 Å². The van der Waals surface area contributed by atoms with E-state index in [9.17, 15) is 4.79 Å². The monoisotopic (exact) mass is 285 g/mol. The highest BCUT2D eigenvalue weighted by Gasteiger charge is 2.24. The second-order valence-electron chi connectivity index (χ2n) is 5.60. The van der Waals surface area contributed by atoms with Gasteiger partial charge in [-0.15, -0.1) is 0 Å². The summed E-state index contributed by atoms with van der Waals surface area (Å²) >= 11 is 0. The maximum Gasteiger partial charge on any atom is 0.335 e. The van der Waals surface area contributed by atoms with Gasteiger partial charge in [0.25, 0.3) is 0 Å². The van der Waals surface area contributed by atoms with Gasteiger partial charge >= 0.3 is 5.97 Å². The summed E-state index contributed by atoms with van der Waals surface area (Å²) in [4.78, 5) is 10.9. The van der Waals surface area contributed by atoms with Gasteiger partial charge in [0.15, 0.2) is 0 Å². The average Bonchev–Trinajstić information content (AvgIpc) is 2.94. The van der Waals surface area contributed by atoms with Crippen molar-refractivity contribution in [1.29, 1.82) is 0 Å². The largest absolute Gasteiger partial charge is 0.478 e. The second-order valence-corrected chi connectivity index (χ2v) is 5.60. The molecule has 1 aromatic carbocycles. The summed E-state index contributed by atoms with van der Waals surface area (Å²) in [7, 11) is 1.94. The summed E-state index contributed by atoms with van der Waals surface area (Å²) in [5.74, 6) is -0.379. The van der Waals surface area contributed by atoms with E-state index in [1.807, 2.05) is 30.1 Å². The van der Waals surface area contributed by atoms with Crippen LogP contribution < -0.4 is 5.32 Å². The van der Waals surface area contributed by atoms with Crippen LogP contribution in [0.25, 0.3) is 0 Å². The third kappa shape index (κ3) is 2.97. The second kappa shape index (κ2) is 5.69. The molecule has 1 aliphatic heterocycles. The third-order valence-electron chi connectivity index (χ3n) is 4.16. The van der Waals surface area contributed by atoms with Crippen LogP contribution in [0.15, 0.2) is 36.7 Å². The zero-order valence-corrected chi connectivity index (χ0v) is 12.0. The summed E-state index contributed by atoms with van der Waals surface area (Å²) in [6.07, 6.45) is 6.15. The van der Waals surface area contributed by atoms with Crippen LogP contribution in [0.2, 0.25) is 0 Å². The summed E-state index contributed by atoms with van der Waals surface area (Å²) in [5, 5.41) is 16.7. The van der Waals surface area contributed by atoms with E-state index >= 15 is 0 Å². The van der Waals surface area contributed by atoms with Crippen molar-refractivity contribution in [3.8, 4) is 0 Å². The molecular weight excluding hydrogens is 266 g/mol. The van der Waals surface area contributed by atoms with E-state index in [0.29, 0.717) is 11.5 Å². The summed E-state index contributed by atoms with van der Waals surface area (Å²) in [5.41, 5.74) is 2.76. The molecule has 0 aliphatic carbocycles. The lowest BCUT2D eigenvalue weighted by molar-refractivity contribution is 0.0697. The molecule has 1 unspecified atom stereocenters. The number of carbonyl (C=O) groups is 1. The van der Waals surface area contributed by atoms with Crippen LogP contribution in [-0.2, 0) is 7.05 Å². The van der Waals surface area contributed by atoms with E-state index in [2.05, 4.69) is 16.6 Å². The Morgan fingerprint density at radius 1 is 1.33 bits per heavy atom. The molecule has 0 bridgehead atoms. The van der Waals surface area contributed by atoms with Crippen LogP contribution in [0.1, 0.15) is 46.3 Å². The minimum atomic E-state index is -0.883. The molecule has 5 heteroatoms. The highest BCUT2D eigenvalue weighted by Crippen LogP contribution is 2.33. The molecule has 110 valence electrons. The van der Waals surface area contributed by atoms with Gasteiger partial charge in [0, 0.05) is 19.3 Å². The number of hydrogen-bond acceptors (Lipinski definition) is 3. The smallest absolute Gasteiger partial charge is 0.335 e. The fourth-order valence-electron chi connectivity index (χ4n) is 2.98. The molecule has 3 rings (SSSR count). The first-order chi connectivity index (χ1) is 10.1. The first-order valence-corrected chi connectivity index (χ1v) is 7.18. The number of nitrogens with zero attached hydrogens (tertiary/aromatic N) is 2. The van der Waals surface area contributed by atoms with Gasteiger partial charge in [-0.3, -0.25) is 4.68 Å². The maximum atomic E-state index is 10.9. The van der Waals surface area contributed by atoms with Gasteiger partial charge < -0.3 is 10.4 Å². The number of aromatic nitrogens is 2. The Labute approximate surface area is 123 Å². The lowest BCUT2D eigenvalue weighted by Gasteiger charge is -2.30. The van der Waals surface area contributed by atoms with Crippen molar-refractivity contribution < 1.29 is 9.90 Å². The van der Waals surface area contributed by atoms with E-state index in [1.165, 1.54) is 5.56 Å². The van der Waals surface area contributed by atoms with Crippen LogP contribution >= 0.6 is 0 Å². The van der Waals surface area contributed by atoms with Gasteiger partial charge in [0.2, 0.25) is 0 Å². The van der Waals surface area contributed by atoms with Crippen molar-refractivity contribution in [3.63, 3.8) is 0 Å². The predicted octanol–water partition coefficient (Wildman–Crippen LogP) is 2.33. The number of nitrogens with one attached hydrogen (secondary N) is 1. The van der Waals surface area contributed by atoms with E-state index in [0.717, 1.165) is 24.9 Å². The normalized spacial score (nSPS) is 22.1.